The average molecular weight is 281 g/mol. The molecule has 0 amide bonds. The van der Waals surface area contributed by atoms with Gasteiger partial charge in [-0.3, -0.25) is 9.36 Å². The van der Waals surface area contributed by atoms with Crippen LogP contribution in [0.3, 0.4) is 0 Å². The molecule has 0 atom stereocenters. The second-order valence-electron chi connectivity index (χ2n) is 4.99. The summed E-state index contributed by atoms with van der Waals surface area (Å²) >= 11 is 1.23. The van der Waals surface area contributed by atoms with Crippen LogP contribution in [0.5, 0.6) is 0 Å². The Kier molecular flexibility index (Phi) is 5.42. The van der Waals surface area contributed by atoms with Gasteiger partial charge in [-0.15, -0.1) is 0 Å². The van der Waals surface area contributed by atoms with Crippen molar-refractivity contribution in [3.63, 3.8) is 0 Å². The highest BCUT2D eigenvalue weighted by molar-refractivity contribution is 8.13. The second kappa shape index (κ2) is 6.61. The highest BCUT2D eigenvalue weighted by Crippen LogP contribution is 2.12. The first-order valence-corrected chi connectivity index (χ1v) is 6.99. The van der Waals surface area contributed by atoms with Crippen molar-refractivity contribution in [3.8, 4) is 0 Å². The van der Waals surface area contributed by atoms with E-state index in [1.165, 1.54) is 23.3 Å². The molecule has 0 aliphatic rings. The Morgan fingerprint density at radius 1 is 1.42 bits per heavy atom. The highest BCUT2D eigenvalue weighted by Gasteiger charge is 2.18. The van der Waals surface area contributed by atoms with Gasteiger partial charge in [0.2, 0.25) is 0 Å². The van der Waals surface area contributed by atoms with E-state index < -0.39 is 11.7 Å². The molecule has 1 aromatic rings. The van der Waals surface area contributed by atoms with Crippen LogP contribution in [0.25, 0.3) is 6.08 Å². The molecule has 1 aromatic heterocycles. The van der Waals surface area contributed by atoms with Crippen LogP contribution in [0.4, 0.5) is 4.79 Å². The number of rotatable bonds is 3. The molecule has 1 rings (SSSR count). The number of hydrogen-bond donors (Lipinski definition) is 0. The van der Waals surface area contributed by atoms with Gasteiger partial charge in [-0.05, 0) is 39.0 Å². The first kappa shape index (κ1) is 15.6. The van der Waals surface area contributed by atoms with Gasteiger partial charge in [0.05, 0.1) is 5.69 Å². The normalized spacial score (nSPS) is 11.8. The summed E-state index contributed by atoms with van der Waals surface area (Å²) in [5.74, 6) is 0.592. The fourth-order valence-corrected chi connectivity index (χ4v) is 1.77. The molecule has 4 nitrogen and oxygen atoms in total. The average Bonchev–Trinajstić information content (AvgIpc) is 2.69. The van der Waals surface area contributed by atoms with Crippen molar-refractivity contribution in [1.82, 2.24) is 4.57 Å². The predicted octanol–water partition coefficient (Wildman–Crippen LogP) is 3.56. The van der Waals surface area contributed by atoms with Gasteiger partial charge in [-0.2, -0.15) is 0 Å². The third-order valence-corrected chi connectivity index (χ3v) is 2.81. The quantitative estimate of drug-likeness (QED) is 0.850. The Bertz CT molecular complexity index is 483. The molecule has 0 radical (unpaired) electrons. The Hall–Kier alpha value is -1.49. The van der Waals surface area contributed by atoms with E-state index in [2.05, 4.69) is 0 Å². The Labute approximate surface area is 117 Å². The third kappa shape index (κ3) is 5.79. The molecule has 0 fully saturated rings. The molecular formula is C14H19NO3S. The standard InChI is InChI=1S/C14H19NO3S/c1-11(16)19-10-6-8-12-7-5-9-15(12)13(17)18-14(2,3)4/h5-9H,10H2,1-4H3. The van der Waals surface area contributed by atoms with Crippen LogP contribution in [0.2, 0.25) is 0 Å². The van der Waals surface area contributed by atoms with Crippen LogP contribution in [0, 0.1) is 0 Å². The molecule has 0 N–H and O–H groups in total. The van der Waals surface area contributed by atoms with Gasteiger partial charge in [-0.1, -0.05) is 17.8 Å². The van der Waals surface area contributed by atoms with E-state index in [9.17, 15) is 9.59 Å². The summed E-state index contributed by atoms with van der Waals surface area (Å²) in [5.41, 5.74) is 0.214. The van der Waals surface area contributed by atoms with Gasteiger partial charge in [0.1, 0.15) is 5.60 Å². The molecule has 104 valence electrons. The molecule has 19 heavy (non-hydrogen) atoms. The minimum Gasteiger partial charge on any atom is -0.443 e. The minimum atomic E-state index is -0.521. The number of thioether (sulfide) groups is 1. The van der Waals surface area contributed by atoms with Crippen LogP contribution in [0.15, 0.2) is 24.4 Å². The highest BCUT2D eigenvalue weighted by atomic mass is 32.2. The lowest BCUT2D eigenvalue weighted by atomic mass is 10.2. The van der Waals surface area contributed by atoms with Gasteiger partial charge in [-0.25, -0.2) is 4.79 Å². The van der Waals surface area contributed by atoms with Crippen LogP contribution in [-0.4, -0.2) is 27.1 Å². The fourth-order valence-electron chi connectivity index (χ4n) is 1.34. The van der Waals surface area contributed by atoms with Crippen molar-refractivity contribution in [2.24, 2.45) is 0 Å². The smallest absolute Gasteiger partial charge is 0.418 e. The third-order valence-electron chi connectivity index (χ3n) is 2.04. The summed E-state index contributed by atoms with van der Waals surface area (Å²) in [6, 6.07) is 3.60. The summed E-state index contributed by atoms with van der Waals surface area (Å²) in [6.45, 7) is 7.01. The van der Waals surface area contributed by atoms with Crippen molar-refractivity contribution in [1.29, 1.82) is 0 Å². The predicted molar refractivity (Wildman–Crippen MR) is 78.2 cm³/mol. The first-order chi connectivity index (χ1) is 8.79. The maximum Gasteiger partial charge on any atom is 0.418 e. The molecule has 5 heteroatoms. The maximum atomic E-state index is 11.9. The van der Waals surface area contributed by atoms with E-state index in [-0.39, 0.29) is 5.12 Å². The molecule has 0 saturated heterocycles. The SMILES string of the molecule is CC(=O)SCC=Cc1cccn1C(=O)OC(C)(C)C. The van der Waals surface area contributed by atoms with Crippen LogP contribution >= 0.6 is 11.8 Å². The van der Waals surface area contributed by atoms with E-state index in [4.69, 9.17) is 4.74 Å². The van der Waals surface area contributed by atoms with E-state index >= 15 is 0 Å². The van der Waals surface area contributed by atoms with Gasteiger partial charge in [0.15, 0.2) is 5.12 Å². The van der Waals surface area contributed by atoms with Gasteiger partial charge >= 0.3 is 6.09 Å². The molecule has 0 spiro atoms. The van der Waals surface area contributed by atoms with Gasteiger partial charge in [0, 0.05) is 18.9 Å². The number of nitrogens with zero attached hydrogens (tertiary/aromatic N) is 1. The van der Waals surface area contributed by atoms with Crippen LogP contribution in [-0.2, 0) is 9.53 Å². The molecule has 0 aromatic carbocycles. The Morgan fingerprint density at radius 2 is 2.11 bits per heavy atom. The topological polar surface area (TPSA) is 48.3 Å². The molecular weight excluding hydrogens is 262 g/mol. The minimum absolute atomic E-state index is 0.0761. The molecule has 0 aliphatic carbocycles. The Balaban J connectivity index is 2.69. The number of carbonyl (C=O) groups excluding carboxylic acids is 2. The van der Waals surface area contributed by atoms with Gasteiger partial charge < -0.3 is 4.74 Å². The zero-order valence-corrected chi connectivity index (χ0v) is 12.5. The summed E-state index contributed by atoms with van der Waals surface area (Å²) in [5, 5.41) is 0.0761. The first-order valence-electron chi connectivity index (χ1n) is 6.00. The van der Waals surface area contributed by atoms with Crippen LogP contribution in [0.1, 0.15) is 33.4 Å². The number of carbonyl (C=O) groups is 2. The fraction of sp³-hybridized carbons (Fsp3) is 0.429. The summed E-state index contributed by atoms with van der Waals surface area (Å²) in [6.07, 6.45) is 4.91. The lowest BCUT2D eigenvalue weighted by Gasteiger charge is -2.20. The molecule has 0 bridgehead atoms. The molecule has 0 saturated carbocycles. The van der Waals surface area contributed by atoms with E-state index in [0.29, 0.717) is 5.75 Å². The van der Waals surface area contributed by atoms with Crippen molar-refractivity contribution < 1.29 is 14.3 Å². The Morgan fingerprint density at radius 3 is 2.68 bits per heavy atom. The van der Waals surface area contributed by atoms with Crippen molar-refractivity contribution >= 4 is 29.0 Å². The van der Waals surface area contributed by atoms with E-state index in [1.807, 2.05) is 32.9 Å². The lowest BCUT2D eigenvalue weighted by Crippen LogP contribution is -2.27. The zero-order valence-electron chi connectivity index (χ0n) is 11.7. The van der Waals surface area contributed by atoms with E-state index in [1.54, 1.807) is 18.3 Å². The zero-order chi connectivity index (χ0) is 14.5. The summed E-state index contributed by atoms with van der Waals surface area (Å²) in [7, 11) is 0. The maximum absolute atomic E-state index is 11.9. The number of hydrogen-bond acceptors (Lipinski definition) is 4. The molecule has 1 heterocycles. The molecule has 0 unspecified atom stereocenters. The largest absolute Gasteiger partial charge is 0.443 e. The monoisotopic (exact) mass is 281 g/mol. The van der Waals surface area contributed by atoms with Crippen molar-refractivity contribution in [2.75, 3.05) is 5.75 Å². The number of ether oxygens (including phenoxy) is 1. The van der Waals surface area contributed by atoms with Crippen molar-refractivity contribution in [2.45, 2.75) is 33.3 Å². The number of aromatic nitrogens is 1. The summed E-state index contributed by atoms with van der Waals surface area (Å²) < 4.78 is 6.74. The summed E-state index contributed by atoms with van der Waals surface area (Å²) in [4.78, 5) is 22.7. The lowest BCUT2D eigenvalue weighted by molar-refractivity contribution is -0.109. The van der Waals surface area contributed by atoms with Gasteiger partial charge in [0.25, 0.3) is 0 Å². The van der Waals surface area contributed by atoms with Crippen LogP contribution < -0.4 is 0 Å². The second-order valence-corrected chi connectivity index (χ2v) is 6.19. The molecule has 0 aliphatic heterocycles. The van der Waals surface area contributed by atoms with E-state index in [0.717, 1.165) is 5.69 Å². The van der Waals surface area contributed by atoms with Crippen molar-refractivity contribution in [3.05, 3.63) is 30.1 Å².